The highest BCUT2D eigenvalue weighted by Gasteiger charge is 2.44. The highest BCUT2D eigenvalue weighted by atomic mass is 32.1. The molecule has 0 aliphatic heterocycles. The van der Waals surface area contributed by atoms with Gasteiger partial charge in [-0.3, -0.25) is 0 Å². The first-order valence-electron chi connectivity index (χ1n) is 25.1. The minimum Gasteiger partial charge on any atom is -0.477 e. The zero-order valence-electron chi connectivity index (χ0n) is 40.4. The van der Waals surface area contributed by atoms with Crippen molar-refractivity contribution >= 4 is 80.5 Å². The molecule has 0 saturated heterocycles. The van der Waals surface area contributed by atoms with Crippen molar-refractivity contribution in [2.24, 2.45) is 0 Å². The Morgan fingerprint density at radius 2 is 0.971 bits per heavy atom. The average Bonchev–Trinajstić information content (AvgIpc) is 4.24. The number of benzene rings is 5. The summed E-state index contributed by atoms with van der Waals surface area (Å²) in [7, 11) is 0. The van der Waals surface area contributed by atoms with E-state index >= 15 is 0 Å². The summed E-state index contributed by atoms with van der Waals surface area (Å²) in [6, 6.07) is 45.1. The molecule has 0 bridgehead atoms. The summed E-state index contributed by atoms with van der Waals surface area (Å²) in [6.45, 7) is 9.25. The minimum atomic E-state index is -1.47. The maximum Gasteiger partial charge on any atom is 0.343 e. The third kappa shape index (κ3) is 8.21. The first-order valence-corrected chi connectivity index (χ1v) is 27.5. The molecule has 3 heterocycles. The molecule has 0 radical (unpaired) electrons. The van der Waals surface area contributed by atoms with Crippen LogP contribution in [-0.2, 0) is 20.4 Å². The Kier molecular flexibility index (Phi) is 13.5. The lowest BCUT2D eigenvalue weighted by Gasteiger charge is -2.35. The maximum absolute atomic E-state index is 11.6. The van der Waals surface area contributed by atoms with E-state index in [2.05, 4.69) is 142 Å². The molecule has 10 rings (SSSR count). The number of nitrogens with zero attached hydrogens (tertiary/aromatic N) is 3. The normalized spacial score (nSPS) is 13.7. The number of fused-ring (bicyclic) bond motifs is 7. The molecule has 2 N–H and O–H groups in total. The van der Waals surface area contributed by atoms with E-state index in [9.17, 15) is 19.8 Å². The van der Waals surface area contributed by atoms with Gasteiger partial charge in [-0.2, -0.15) is 8.75 Å². The topological polar surface area (TPSA) is 104 Å². The van der Waals surface area contributed by atoms with Crippen molar-refractivity contribution in [3.05, 3.63) is 154 Å². The number of aliphatic carboxylic acids is 2. The second-order valence-corrected chi connectivity index (χ2v) is 21.8. The van der Waals surface area contributed by atoms with Gasteiger partial charge in [0.25, 0.3) is 0 Å². The summed E-state index contributed by atoms with van der Waals surface area (Å²) in [4.78, 5) is 29.2. The largest absolute Gasteiger partial charge is 0.477 e. The molecule has 5 aromatic carbocycles. The highest BCUT2D eigenvalue weighted by Crippen LogP contribution is 2.58. The van der Waals surface area contributed by atoms with E-state index in [1.165, 1.54) is 73.6 Å². The molecule has 2 aliphatic carbocycles. The summed E-state index contributed by atoms with van der Waals surface area (Å²) in [5.74, 6) is -2.93. The van der Waals surface area contributed by atoms with Gasteiger partial charge in [0, 0.05) is 47.3 Å². The second-order valence-electron chi connectivity index (χ2n) is 19.1. The van der Waals surface area contributed by atoms with E-state index in [0.717, 1.165) is 125 Å². The number of carbonyl (C=O) groups is 2. The van der Waals surface area contributed by atoms with Crippen LogP contribution in [0.5, 0.6) is 0 Å². The van der Waals surface area contributed by atoms with Crippen molar-refractivity contribution in [3.63, 3.8) is 0 Å². The zero-order valence-corrected chi connectivity index (χ0v) is 42.8. The standard InChI is InChI=1S/C60H59N3O4S3/c1-5-9-31-59(32-10-6-2)47-19-15-13-17-41(47)43-24-21-38(35-49(43)59)63(39-22-25-44-42-18-14-16-20-48(42)60(33-11-7-3,34-12-8-4)50(44)36-39)51-27-26-45(55-56(51)62-70-61-55)52-29-30-54(69-52)53-28-23-40(68-53)37-46(57(64)65)58(66)67/h13-30,35-37H,5-12,31-34H2,1-4H3,(H,64,65)(H,66,67). The van der Waals surface area contributed by atoms with Crippen molar-refractivity contribution in [1.29, 1.82) is 0 Å². The van der Waals surface area contributed by atoms with Crippen LogP contribution in [-0.4, -0.2) is 30.9 Å². The first kappa shape index (κ1) is 47.5. The summed E-state index contributed by atoms with van der Waals surface area (Å²) in [5, 5.41) is 18.9. The summed E-state index contributed by atoms with van der Waals surface area (Å²) < 4.78 is 10.1. The summed E-state index contributed by atoms with van der Waals surface area (Å²) >= 11 is 4.23. The molecular weight excluding hydrogens is 923 g/mol. The van der Waals surface area contributed by atoms with Crippen molar-refractivity contribution in [1.82, 2.24) is 8.75 Å². The van der Waals surface area contributed by atoms with Gasteiger partial charge in [-0.15, -0.1) is 22.7 Å². The number of carboxylic acid groups (broad SMARTS) is 2. The Morgan fingerprint density at radius 3 is 1.50 bits per heavy atom. The molecule has 3 aromatic heterocycles. The Labute approximate surface area is 423 Å². The average molecular weight is 982 g/mol. The lowest BCUT2D eigenvalue weighted by Crippen LogP contribution is -2.26. The molecule has 0 saturated carbocycles. The predicted octanol–water partition coefficient (Wildman–Crippen LogP) is 17.5. The maximum atomic E-state index is 11.6. The lowest BCUT2D eigenvalue weighted by molar-refractivity contribution is -0.140. The number of unbranched alkanes of at least 4 members (excludes halogenated alkanes) is 4. The zero-order chi connectivity index (χ0) is 48.6. The van der Waals surface area contributed by atoms with Crippen LogP contribution in [0.1, 0.15) is 132 Å². The lowest BCUT2D eigenvalue weighted by atomic mass is 9.70. The number of aromatic nitrogens is 2. The number of carboxylic acids is 2. The first-order chi connectivity index (χ1) is 34.2. The Bertz CT molecular complexity index is 3130. The van der Waals surface area contributed by atoms with Crippen molar-refractivity contribution in [2.45, 2.75) is 116 Å². The molecule has 356 valence electrons. The molecule has 2 aliphatic rings. The molecule has 7 nitrogen and oxygen atoms in total. The molecule has 70 heavy (non-hydrogen) atoms. The van der Waals surface area contributed by atoms with Gasteiger partial charge in [0.2, 0.25) is 0 Å². The predicted molar refractivity (Wildman–Crippen MR) is 293 cm³/mol. The van der Waals surface area contributed by atoms with E-state index in [1.807, 2.05) is 6.07 Å². The van der Waals surface area contributed by atoms with E-state index in [-0.39, 0.29) is 10.8 Å². The van der Waals surface area contributed by atoms with Crippen molar-refractivity contribution in [3.8, 4) is 42.4 Å². The fraction of sp³-hybridized carbons (Fsp3) is 0.300. The van der Waals surface area contributed by atoms with Gasteiger partial charge < -0.3 is 15.1 Å². The van der Waals surface area contributed by atoms with E-state index in [0.29, 0.717) is 4.88 Å². The fourth-order valence-corrected chi connectivity index (χ4v) is 14.2. The summed E-state index contributed by atoms with van der Waals surface area (Å²) in [6.07, 6.45) is 14.9. The number of anilines is 3. The number of hydrogen-bond donors (Lipinski definition) is 2. The van der Waals surface area contributed by atoms with Gasteiger partial charge in [0.15, 0.2) is 0 Å². The van der Waals surface area contributed by atoms with Crippen molar-refractivity contribution < 1.29 is 19.8 Å². The van der Waals surface area contributed by atoms with Crippen LogP contribution in [0.4, 0.5) is 17.1 Å². The van der Waals surface area contributed by atoms with Crippen LogP contribution in [0, 0.1) is 0 Å². The van der Waals surface area contributed by atoms with Crippen molar-refractivity contribution in [2.75, 3.05) is 4.90 Å². The van der Waals surface area contributed by atoms with Gasteiger partial charge in [-0.1, -0.05) is 140 Å². The van der Waals surface area contributed by atoms with E-state index in [1.54, 1.807) is 17.4 Å². The van der Waals surface area contributed by atoms with Crippen LogP contribution in [0.3, 0.4) is 0 Å². The smallest absolute Gasteiger partial charge is 0.343 e. The van der Waals surface area contributed by atoms with Crippen LogP contribution in [0.15, 0.2) is 127 Å². The highest BCUT2D eigenvalue weighted by molar-refractivity contribution is 7.24. The molecule has 0 fully saturated rings. The number of rotatable bonds is 20. The molecule has 10 heteroatoms. The van der Waals surface area contributed by atoms with Crippen LogP contribution < -0.4 is 4.90 Å². The van der Waals surface area contributed by atoms with Crippen LogP contribution in [0.2, 0.25) is 0 Å². The Hall–Kier alpha value is -6.20. The fourth-order valence-electron chi connectivity index (χ4n) is 11.6. The number of thiophene rings is 2. The second kappa shape index (κ2) is 19.9. The van der Waals surface area contributed by atoms with Gasteiger partial charge in [-0.25, -0.2) is 9.59 Å². The van der Waals surface area contributed by atoms with Gasteiger partial charge >= 0.3 is 11.9 Å². The van der Waals surface area contributed by atoms with Gasteiger partial charge in [-0.05, 0) is 137 Å². The summed E-state index contributed by atoms with van der Waals surface area (Å²) in [5.41, 5.74) is 16.3. The van der Waals surface area contributed by atoms with E-state index in [4.69, 9.17) is 8.75 Å². The molecule has 0 amide bonds. The molecule has 0 spiro atoms. The third-order valence-electron chi connectivity index (χ3n) is 15.0. The van der Waals surface area contributed by atoms with Gasteiger partial charge in [0.1, 0.15) is 16.6 Å². The third-order valence-corrected chi connectivity index (χ3v) is 17.8. The molecular formula is C60H59N3O4S3. The molecule has 0 unspecified atom stereocenters. The van der Waals surface area contributed by atoms with E-state index < -0.39 is 17.5 Å². The molecule has 8 aromatic rings. The monoisotopic (exact) mass is 981 g/mol. The van der Waals surface area contributed by atoms with Crippen LogP contribution in [0.25, 0.3) is 59.6 Å². The van der Waals surface area contributed by atoms with Gasteiger partial charge in [0.05, 0.1) is 17.4 Å². The Balaban J connectivity index is 1.15. The molecule has 0 atom stereocenters. The Morgan fingerprint density at radius 1 is 0.514 bits per heavy atom. The number of hydrogen-bond acceptors (Lipinski definition) is 8. The van der Waals surface area contributed by atoms with Crippen LogP contribution >= 0.6 is 34.4 Å². The minimum absolute atomic E-state index is 0.0820. The SMILES string of the molecule is CCCCC1(CCCC)c2ccccc2-c2ccc(N(c3ccc4c(c3)C(CCCC)(CCCC)c3ccccc3-4)c3ccc(-c4ccc(-c5ccc(C=C(C(=O)O)C(=O)O)s5)s4)c4nsnc34)cc21. The quantitative estimate of drug-likeness (QED) is 0.0445.